The molecular formula is C21H23IN2O4. The fourth-order valence-electron chi connectivity index (χ4n) is 2.49. The van der Waals surface area contributed by atoms with Crippen LogP contribution in [0, 0.1) is 17.4 Å². The number of hydrogen-bond acceptors (Lipinski definition) is 4. The molecule has 0 radical (unpaired) electrons. The van der Waals surface area contributed by atoms with Gasteiger partial charge in [-0.15, -0.1) is 0 Å². The maximum absolute atomic E-state index is 12.1. The van der Waals surface area contributed by atoms with Crippen molar-refractivity contribution in [1.82, 2.24) is 10.6 Å². The molecule has 2 aromatic rings. The largest absolute Gasteiger partial charge is 0.454 e. The zero-order valence-corrected chi connectivity index (χ0v) is 18.2. The monoisotopic (exact) mass is 494 g/mol. The summed E-state index contributed by atoms with van der Waals surface area (Å²) in [5.74, 6) is -1.44. The first kappa shape index (κ1) is 21.9. The standard InChI is InChI=1S/C21H23IN2O4/c1-13-8-9-16(10-14(13)2)15(3)24-19(25)12-28-20(26)11-23-21(27)17-6-4-5-7-18(17)22/h4-10,15H,11-12H2,1-3H3,(H,23,27)(H,24,25). The second-order valence-electron chi connectivity index (χ2n) is 6.46. The molecule has 0 saturated carbocycles. The van der Waals surface area contributed by atoms with Crippen LogP contribution in [0.1, 0.15) is 40.0 Å². The number of ether oxygens (including phenoxy) is 1. The molecule has 1 unspecified atom stereocenters. The molecule has 148 valence electrons. The summed E-state index contributed by atoms with van der Waals surface area (Å²) in [6, 6.07) is 12.8. The van der Waals surface area contributed by atoms with E-state index >= 15 is 0 Å². The smallest absolute Gasteiger partial charge is 0.325 e. The molecule has 0 aliphatic heterocycles. The van der Waals surface area contributed by atoms with E-state index in [0.29, 0.717) is 5.56 Å². The number of benzene rings is 2. The molecule has 0 saturated heterocycles. The molecule has 2 amide bonds. The highest BCUT2D eigenvalue weighted by Crippen LogP contribution is 2.16. The Morgan fingerprint density at radius 2 is 1.79 bits per heavy atom. The van der Waals surface area contributed by atoms with Crippen LogP contribution in [0.15, 0.2) is 42.5 Å². The highest BCUT2D eigenvalue weighted by molar-refractivity contribution is 14.1. The van der Waals surface area contributed by atoms with E-state index in [-0.39, 0.29) is 18.5 Å². The van der Waals surface area contributed by atoms with Gasteiger partial charge in [0.2, 0.25) is 0 Å². The Hall–Kier alpha value is -2.42. The second kappa shape index (κ2) is 10.2. The lowest BCUT2D eigenvalue weighted by molar-refractivity contribution is -0.147. The molecule has 0 bridgehead atoms. The lowest BCUT2D eigenvalue weighted by Crippen LogP contribution is -2.35. The average molecular weight is 494 g/mol. The van der Waals surface area contributed by atoms with Crippen LogP contribution in [-0.2, 0) is 14.3 Å². The summed E-state index contributed by atoms with van der Waals surface area (Å²) in [5, 5.41) is 5.28. The Labute approximate surface area is 178 Å². The summed E-state index contributed by atoms with van der Waals surface area (Å²) < 4.78 is 5.72. The summed E-state index contributed by atoms with van der Waals surface area (Å²) in [6.07, 6.45) is 0. The van der Waals surface area contributed by atoms with E-state index < -0.39 is 18.5 Å². The predicted octanol–water partition coefficient (Wildman–Crippen LogP) is 3.06. The molecule has 0 aromatic heterocycles. The molecule has 6 nitrogen and oxygen atoms in total. The first-order chi connectivity index (χ1) is 13.3. The molecule has 2 rings (SSSR count). The van der Waals surface area contributed by atoms with Crippen LogP contribution in [0.2, 0.25) is 0 Å². The van der Waals surface area contributed by atoms with Crippen LogP contribution in [0.5, 0.6) is 0 Å². The Morgan fingerprint density at radius 1 is 1.07 bits per heavy atom. The van der Waals surface area contributed by atoms with Crippen LogP contribution in [-0.4, -0.2) is 30.9 Å². The number of amides is 2. The van der Waals surface area contributed by atoms with Gasteiger partial charge in [0.15, 0.2) is 6.61 Å². The molecule has 0 fully saturated rings. The molecule has 0 aliphatic rings. The van der Waals surface area contributed by atoms with Gasteiger partial charge in [-0.05, 0) is 72.2 Å². The number of halogens is 1. The third-order valence-electron chi connectivity index (χ3n) is 4.28. The van der Waals surface area contributed by atoms with Crippen molar-refractivity contribution in [3.8, 4) is 0 Å². The van der Waals surface area contributed by atoms with Crippen molar-refractivity contribution in [2.24, 2.45) is 0 Å². The van der Waals surface area contributed by atoms with Gasteiger partial charge in [0.1, 0.15) is 6.54 Å². The third-order valence-corrected chi connectivity index (χ3v) is 5.23. The van der Waals surface area contributed by atoms with Gasteiger partial charge in [-0.2, -0.15) is 0 Å². The van der Waals surface area contributed by atoms with Crippen molar-refractivity contribution in [1.29, 1.82) is 0 Å². The fourth-order valence-corrected chi connectivity index (χ4v) is 3.12. The molecule has 0 aliphatic carbocycles. The van der Waals surface area contributed by atoms with E-state index in [1.807, 2.05) is 67.6 Å². The van der Waals surface area contributed by atoms with E-state index in [1.54, 1.807) is 18.2 Å². The van der Waals surface area contributed by atoms with Gasteiger partial charge in [-0.1, -0.05) is 30.3 Å². The topological polar surface area (TPSA) is 84.5 Å². The summed E-state index contributed by atoms with van der Waals surface area (Å²) >= 11 is 2.05. The Kier molecular flexibility index (Phi) is 7.98. The van der Waals surface area contributed by atoms with E-state index in [2.05, 4.69) is 10.6 Å². The molecule has 0 heterocycles. The van der Waals surface area contributed by atoms with E-state index in [1.165, 1.54) is 5.56 Å². The quantitative estimate of drug-likeness (QED) is 0.458. The lowest BCUT2D eigenvalue weighted by Gasteiger charge is -2.16. The lowest BCUT2D eigenvalue weighted by atomic mass is 10.0. The van der Waals surface area contributed by atoms with Crippen molar-refractivity contribution in [3.63, 3.8) is 0 Å². The maximum Gasteiger partial charge on any atom is 0.325 e. The second-order valence-corrected chi connectivity index (χ2v) is 7.62. The Balaban J connectivity index is 1.76. The van der Waals surface area contributed by atoms with Gasteiger partial charge in [-0.25, -0.2) is 0 Å². The number of aryl methyl sites for hydroxylation is 2. The zero-order chi connectivity index (χ0) is 20.7. The Morgan fingerprint density at radius 3 is 2.46 bits per heavy atom. The van der Waals surface area contributed by atoms with E-state index in [9.17, 15) is 14.4 Å². The van der Waals surface area contributed by atoms with Crippen molar-refractivity contribution in [3.05, 3.63) is 68.3 Å². The van der Waals surface area contributed by atoms with Gasteiger partial charge in [0, 0.05) is 3.57 Å². The normalized spacial score (nSPS) is 11.4. The van der Waals surface area contributed by atoms with Crippen LogP contribution in [0.25, 0.3) is 0 Å². The number of carbonyl (C=O) groups is 3. The van der Waals surface area contributed by atoms with Crippen molar-refractivity contribution in [2.75, 3.05) is 13.2 Å². The molecule has 2 N–H and O–H groups in total. The van der Waals surface area contributed by atoms with Gasteiger partial charge in [0.05, 0.1) is 11.6 Å². The highest BCUT2D eigenvalue weighted by Gasteiger charge is 2.14. The maximum atomic E-state index is 12.1. The van der Waals surface area contributed by atoms with Gasteiger partial charge in [0.25, 0.3) is 11.8 Å². The van der Waals surface area contributed by atoms with Crippen LogP contribution < -0.4 is 10.6 Å². The molecule has 1 atom stereocenters. The number of rotatable bonds is 7. The molecule has 28 heavy (non-hydrogen) atoms. The van der Waals surface area contributed by atoms with Gasteiger partial charge >= 0.3 is 5.97 Å². The van der Waals surface area contributed by atoms with Gasteiger partial charge in [-0.3, -0.25) is 14.4 Å². The minimum atomic E-state index is -0.673. The average Bonchev–Trinajstić information content (AvgIpc) is 2.66. The summed E-state index contributed by atoms with van der Waals surface area (Å²) in [5.41, 5.74) is 3.79. The SMILES string of the molecule is Cc1ccc(C(C)NC(=O)COC(=O)CNC(=O)c2ccccc2I)cc1C. The van der Waals surface area contributed by atoms with Crippen LogP contribution >= 0.6 is 22.6 Å². The summed E-state index contributed by atoms with van der Waals surface area (Å²) in [4.78, 5) is 35.9. The molecule has 2 aromatic carbocycles. The minimum absolute atomic E-state index is 0.203. The highest BCUT2D eigenvalue weighted by atomic mass is 127. The van der Waals surface area contributed by atoms with E-state index in [4.69, 9.17) is 4.74 Å². The number of esters is 1. The number of carbonyl (C=O) groups excluding carboxylic acids is 3. The Bertz CT molecular complexity index is 882. The summed E-state index contributed by atoms with van der Waals surface area (Å²) in [7, 11) is 0. The molecule has 7 heteroatoms. The minimum Gasteiger partial charge on any atom is -0.454 e. The number of nitrogens with one attached hydrogen (secondary N) is 2. The zero-order valence-electron chi connectivity index (χ0n) is 16.0. The van der Waals surface area contributed by atoms with Crippen LogP contribution in [0.3, 0.4) is 0 Å². The van der Waals surface area contributed by atoms with Crippen molar-refractivity contribution >= 4 is 40.4 Å². The first-order valence-corrected chi connectivity index (χ1v) is 9.90. The van der Waals surface area contributed by atoms with E-state index in [0.717, 1.165) is 14.7 Å². The predicted molar refractivity (Wildman–Crippen MR) is 115 cm³/mol. The third kappa shape index (κ3) is 6.33. The van der Waals surface area contributed by atoms with Crippen molar-refractivity contribution < 1.29 is 19.1 Å². The van der Waals surface area contributed by atoms with Crippen molar-refractivity contribution in [2.45, 2.75) is 26.8 Å². The van der Waals surface area contributed by atoms with Crippen LogP contribution in [0.4, 0.5) is 0 Å². The first-order valence-electron chi connectivity index (χ1n) is 8.82. The molecular weight excluding hydrogens is 471 g/mol. The van der Waals surface area contributed by atoms with Gasteiger partial charge < -0.3 is 15.4 Å². The fraction of sp³-hybridized carbons (Fsp3) is 0.286. The number of hydrogen-bond donors (Lipinski definition) is 2. The summed E-state index contributed by atoms with van der Waals surface area (Å²) in [6.45, 7) is 5.21. The molecule has 0 spiro atoms.